The van der Waals surface area contributed by atoms with E-state index in [2.05, 4.69) is 21.2 Å². The van der Waals surface area contributed by atoms with Crippen LogP contribution in [-0.4, -0.2) is 24.8 Å². The summed E-state index contributed by atoms with van der Waals surface area (Å²) in [6, 6.07) is 11.9. The molecule has 2 aromatic rings. The molecule has 5 heteroatoms. The Morgan fingerprint density at radius 3 is 2.50 bits per heavy atom. The molecule has 0 heterocycles. The molecule has 1 amide bonds. The first-order valence-electron chi connectivity index (χ1n) is 7.14. The highest BCUT2D eigenvalue weighted by molar-refractivity contribution is 9.10. The molecule has 0 fully saturated rings. The monoisotopic (exact) mass is 365 g/mol. The number of ether oxygens (including phenoxy) is 2. The van der Waals surface area contributed by atoms with Gasteiger partial charge in [-0.3, -0.25) is 0 Å². The average Bonchev–Trinajstić information content (AvgIpc) is 2.44. The number of fused-ring (bicyclic) bond motifs is 1. The molecule has 0 bridgehead atoms. The Bertz CT molecular complexity index is 664. The molecule has 4 nitrogen and oxygen atoms in total. The Balaban J connectivity index is 1.91. The first-order valence-corrected chi connectivity index (χ1v) is 7.93. The fraction of sp³-hybridized carbons (Fsp3) is 0.353. The second-order valence-corrected chi connectivity index (χ2v) is 6.72. The van der Waals surface area contributed by atoms with Crippen LogP contribution in [0.1, 0.15) is 20.8 Å². The van der Waals surface area contributed by atoms with Crippen LogP contribution >= 0.6 is 15.9 Å². The average molecular weight is 366 g/mol. The van der Waals surface area contributed by atoms with E-state index in [1.54, 1.807) is 0 Å². The van der Waals surface area contributed by atoms with Crippen molar-refractivity contribution in [2.45, 2.75) is 26.4 Å². The Morgan fingerprint density at radius 1 is 1.14 bits per heavy atom. The summed E-state index contributed by atoms with van der Waals surface area (Å²) in [7, 11) is 0. The van der Waals surface area contributed by atoms with Gasteiger partial charge in [0.1, 0.15) is 18.0 Å². The lowest BCUT2D eigenvalue weighted by atomic mass is 10.1. The summed E-state index contributed by atoms with van der Waals surface area (Å²) in [5.41, 5.74) is -0.493. The van der Waals surface area contributed by atoms with Gasteiger partial charge in [-0.1, -0.05) is 40.2 Å². The van der Waals surface area contributed by atoms with E-state index in [1.165, 1.54) is 0 Å². The number of carbonyl (C=O) groups excluding carboxylic acids is 1. The van der Waals surface area contributed by atoms with E-state index in [9.17, 15) is 4.79 Å². The molecule has 0 aliphatic heterocycles. The Labute approximate surface area is 138 Å². The van der Waals surface area contributed by atoms with Crippen LogP contribution in [0.2, 0.25) is 0 Å². The van der Waals surface area contributed by atoms with Crippen molar-refractivity contribution in [3.63, 3.8) is 0 Å². The second-order valence-electron chi connectivity index (χ2n) is 5.87. The van der Waals surface area contributed by atoms with Crippen molar-refractivity contribution >= 4 is 32.8 Å². The molecule has 22 heavy (non-hydrogen) atoms. The van der Waals surface area contributed by atoms with Crippen molar-refractivity contribution in [2.24, 2.45) is 0 Å². The third-order valence-electron chi connectivity index (χ3n) is 2.86. The maximum Gasteiger partial charge on any atom is 0.407 e. The SMILES string of the molecule is CC(C)(C)OC(=O)NCCOc1ccc(Br)c2ccccc12. The van der Waals surface area contributed by atoms with Gasteiger partial charge in [0.15, 0.2) is 0 Å². The molecule has 0 aromatic heterocycles. The van der Waals surface area contributed by atoms with Crippen molar-refractivity contribution in [3.8, 4) is 5.75 Å². The van der Waals surface area contributed by atoms with Gasteiger partial charge in [-0.25, -0.2) is 4.79 Å². The molecule has 0 aliphatic carbocycles. The number of alkyl carbamates (subject to hydrolysis) is 1. The summed E-state index contributed by atoms with van der Waals surface area (Å²) in [5, 5.41) is 4.81. The van der Waals surface area contributed by atoms with Crippen molar-refractivity contribution in [1.29, 1.82) is 0 Å². The first kappa shape index (κ1) is 16.6. The van der Waals surface area contributed by atoms with Gasteiger partial charge in [0.25, 0.3) is 0 Å². The zero-order valence-corrected chi connectivity index (χ0v) is 14.6. The predicted octanol–water partition coefficient (Wildman–Crippen LogP) is 4.51. The van der Waals surface area contributed by atoms with Crippen LogP contribution in [0.4, 0.5) is 4.79 Å². The molecule has 2 aromatic carbocycles. The number of nitrogens with one attached hydrogen (secondary N) is 1. The molecule has 0 saturated carbocycles. The molecule has 0 radical (unpaired) electrons. The molecule has 0 spiro atoms. The number of benzene rings is 2. The van der Waals surface area contributed by atoms with E-state index in [0.29, 0.717) is 13.2 Å². The second kappa shape index (κ2) is 7.01. The molecule has 0 unspecified atom stereocenters. The van der Waals surface area contributed by atoms with Gasteiger partial charge in [-0.15, -0.1) is 0 Å². The topological polar surface area (TPSA) is 47.6 Å². The highest BCUT2D eigenvalue weighted by Crippen LogP contribution is 2.31. The van der Waals surface area contributed by atoms with Gasteiger partial charge in [-0.05, 0) is 38.3 Å². The molecule has 0 saturated heterocycles. The molecule has 1 N–H and O–H groups in total. The Kier molecular flexibility index (Phi) is 5.29. The van der Waals surface area contributed by atoms with Crippen LogP contribution in [0.25, 0.3) is 10.8 Å². The number of halogens is 1. The molecule has 0 atom stereocenters. The summed E-state index contributed by atoms with van der Waals surface area (Å²) < 4.78 is 12.0. The summed E-state index contributed by atoms with van der Waals surface area (Å²) in [4.78, 5) is 11.5. The number of carbonyl (C=O) groups is 1. The number of amides is 1. The lowest BCUT2D eigenvalue weighted by molar-refractivity contribution is 0.0520. The van der Waals surface area contributed by atoms with Crippen molar-refractivity contribution in [2.75, 3.05) is 13.2 Å². The summed E-state index contributed by atoms with van der Waals surface area (Å²) >= 11 is 3.53. The van der Waals surface area contributed by atoms with E-state index < -0.39 is 11.7 Å². The largest absolute Gasteiger partial charge is 0.491 e. The standard InChI is InChI=1S/C17H20BrNO3/c1-17(2,3)22-16(20)19-10-11-21-15-9-8-14(18)12-6-4-5-7-13(12)15/h4-9H,10-11H2,1-3H3,(H,19,20). The van der Waals surface area contributed by atoms with E-state index in [0.717, 1.165) is 21.0 Å². The van der Waals surface area contributed by atoms with Crippen molar-refractivity contribution in [1.82, 2.24) is 5.32 Å². The van der Waals surface area contributed by atoms with Crippen molar-refractivity contribution in [3.05, 3.63) is 40.9 Å². The normalized spacial score (nSPS) is 11.3. The third-order valence-corrected chi connectivity index (χ3v) is 3.55. The van der Waals surface area contributed by atoms with Gasteiger partial charge in [0.05, 0.1) is 6.54 Å². The van der Waals surface area contributed by atoms with Crippen LogP contribution < -0.4 is 10.1 Å². The van der Waals surface area contributed by atoms with Crippen LogP contribution in [0.3, 0.4) is 0 Å². The number of hydrogen-bond donors (Lipinski definition) is 1. The van der Waals surface area contributed by atoms with E-state index in [-0.39, 0.29) is 0 Å². The van der Waals surface area contributed by atoms with Gasteiger partial charge in [0, 0.05) is 9.86 Å². The van der Waals surface area contributed by atoms with Crippen LogP contribution in [0, 0.1) is 0 Å². The lowest BCUT2D eigenvalue weighted by Gasteiger charge is -2.19. The maximum absolute atomic E-state index is 11.5. The van der Waals surface area contributed by atoms with Crippen LogP contribution in [-0.2, 0) is 4.74 Å². The molecular weight excluding hydrogens is 346 g/mol. The highest BCUT2D eigenvalue weighted by atomic mass is 79.9. The molecule has 0 aliphatic rings. The molecular formula is C17H20BrNO3. The molecule has 118 valence electrons. The smallest absolute Gasteiger partial charge is 0.407 e. The highest BCUT2D eigenvalue weighted by Gasteiger charge is 2.15. The number of hydrogen-bond acceptors (Lipinski definition) is 3. The van der Waals surface area contributed by atoms with E-state index in [1.807, 2.05) is 57.2 Å². The minimum absolute atomic E-state index is 0.380. The van der Waals surface area contributed by atoms with Crippen molar-refractivity contribution < 1.29 is 14.3 Å². The lowest BCUT2D eigenvalue weighted by Crippen LogP contribution is -2.34. The van der Waals surface area contributed by atoms with Gasteiger partial charge in [-0.2, -0.15) is 0 Å². The van der Waals surface area contributed by atoms with Crippen LogP contribution in [0.15, 0.2) is 40.9 Å². The predicted molar refractivity (Wildman–Crippen MR) is 91.4 cm³/mol. The maximum atomic E-state index is 11.5. The summed E-state index contributed by atoms with van der Waals surface area (Å²) in [6.07, 6.45) is -0.434. The minimum Gasteiger partial charge on any atom is -0.491 e. The van der Waals surface area contributed by atoms with E-state index >= 15 is 0 Å². The van der Waals surface area contributed by atoms with E-state index in [4.69, 9.17) is 9.47 Å². The fourth-order valence-corrected chi connectivity index (χ4v) is 2.47. The third kappa shape index (κ3) is 4.63. The van der Waals surface area contributed by atoms with Gasteiger partial charge in [0.2, 0.25) is 0 Å². The quantitative estimate of drug-likeness (QED) is 0.811. The first-order chi connectivity index (χ1) is 10.4. The molecule has 2 rings (SSSR count). The Hall–Kier alpha value is -1.75. The summed E-state index contributed by atoms with van der Waals surface area (Å²) in [5.74, 6) is 0.796. The van der Waals surface area contributed by atoms with Crippen LogP contribution in [0.5, 0.6) is 5.75 Å². The van der Waals surface area contributed by atoms with Gasteiger partial charge >= 0.3 is 6.09 Å². The number of rotatable bonds is 4. The fourth-order valence-electron chi connectivity index (χ4n) is 1.99. The Morgan fingerprint density at radius 2 is 1.82 bits per heavy atom. The zero-order chi connectivity index (χ0) is 16.2. The van der Waals surface area contributed by atoms with Gasteiger partial charge < -0.3 is 14.8 Å². The minimum atomic E-state index is -0.493. The summed E-state index contributed by atoms with van der Waals surface area (Å²) in [6.45, 7) is 6.26. The zero-order valence-electron chi connectivity index (χ0n) is 13.0.